The van der Waals surface area contributed by atoms with Crippen molar-refractivity contribution in [3.63, 3.8) is 0 Å². The van der Waals surface area contributed by atoms with E-state index >= 15 is 0 Å². The monoisotopic (exact) mass is 285 g/mol. The molecular weight excluding hydrogens is 265 g/mol. The Morgan fingerprint density at radius 3 is 2.72 bits per heavy atom. The molecule has 0 aromatic heterocycles. The molecule has 3 atom stereocenters. The molecule has 2 rings (SSSR count). The molecule has 1 N–H and O–H groups in total. The SMILES string of the molecule is CCC1CCC(C(NC)c2cccc(Cl)c2Cl)C1. The molecule has 3 heteroatoms. The number of hydrogen-bond acceptors (Lipinski definition) is 1. The van der Waals surface area contributed by atoms with Crippen LogP contribution in [0.2, 0.25) is 10.0 Å². The van der Waals surface area contributed by atoms with Gasteiger partial charge in [0, 0.05) is 6.04 Å². The van der Waals surface area contributed by atoms with Crippen molar-refractivity contribution < 1.29 is 0 Å². The first-order valence-electron chi connectivity index (χ1n) is 6.78. The highest BCUT2D eigenvalue weighted by molar-refractivity contribution is 6.42. The molecule has 0 saturated heterocycles. The highest BCUT2D eigenvalue weighted by Crippen LogP contribution is 2.42. The maximum absolute atomic E-state index is 6.34. The molecule has 3 unspecified atom stereocenters. The Morgan fingerprint density at radius 2 is 2.11 bits per heavy atom. The highest BCUT2D eigenvalue weighted by Gasteiger charge is 2.31. The summed E-state index contributed by atoms with van der Waals surface area (Å²) < 4.78 is 0. The van der Waals surface area contributed by atoms with Gasteiger partial charge in [0.25, 0.3) is 0 Å². The third-order valence-electron chi connectivity index (χ3n) is 4.26. The number of nitrogens with one attached hydrogen (secondary N) is 1. The second kappa shape index (κ2) is 6.27. The highest BCUT2D eigenvalue weighted by atomic mass is 35.5. The van der Waals surface area contributed by atoms with E-state index in [1.54, 1.807) is 0 Å². The van der Waals surface area contributed by atoms with Crippen molar-refractivity contribution >= 4 is 23.2 Å². The van der Waals surface area contributed by atoms with Crippen molar-refractivity contribution in [3.8, 4) is 0 Å². The smallest absolute Gasteiger partial charge is 0.0640 e. The lowest BCUT2D eigenvalue weighted by molar-refractivity contribution is 0.373. The van der Waals surface area contributed by atoms with E-state index in [9.17, 15) is 0 Å². The first kappa shape index (κ1) is 14.2. The third-order valence-corrected chi connectivity index (χ3v) is 5.09. The second-order valence-corrected chi connectivity index (χ2v) is 6.04. The minimum absolute atomic E-state index is 0.327. The minimum Gasteiger partial charge on any atom is -0.313 e. The van der Waals surface area contributed by atoms with Crippen LogP contribution in [0.1, 0.15) is 44.2 Å². The van der Waals surface area contributed by atoms with Crippen LogP contribution < -0.4 is 5.32 Å². The van der Waals surface area contributed by atoms with Crippen LogP contribution in [0.25, 0.3) is 0 Å². The van der Waals surface area contributed by atoms with Crippen LogP contribution in [0, 0.1) is 11.8 Å². The van der Waals surface area contributed by atoms with Crippen LogP contribution in [0.3, 0.4) is 0 Å². The number of halogens is 2. The van der Waals surface area contributed by atoms with Gasteiger partial charge in [0.15, 0.2) is 0 Å². The Bertz CT molecular complexity index is 405. The summed E-state index contributed by atoms with van der Waals surface area (Å²) in [5, 5.41) is 4.79. The zero-order valence-electron chi connectivity index (χ0n) is 11.0. The quantitative estimate of drug-likeness (QED) is 0.813. The molecule has 0 spiro atoms. The van der Waals surface area contributed by atoms with Gasteiger partial charge in [-0.2, -0.15) is 0 Å². The molecule has 1 aromatic rings. The summed E-state index contributed by atoms with van der Waals surface area (Å²) in [5.41, 5.74) is 1.15. The van der Waals surface area contributed by atoms with Crippen molar-refractivity contribution in [1.82, 2.24) is 5.32 Å². The molecule has 0 bridgehead atoms. The Balaban J connectivity index is 2.21. The molecule has 0 aliphatic heterocycles. The molecule has 0 amide bonds. The van der Waals surface area contributed by atoms with E-state index < -0.39 is 0 Å². The van der Waals surface area contributed by atoms with Crippen molar-refractivity contribution in [3.05, 3.63) is 33.8 Å². The summed E-state index contributed by atoms with van der Waals surface area (Å²) in [6.07, 6.45) is 5.21. The van der Waals surface area contributed by atoms with Gasteiger partial charge in [0.05, 0.1) is 10.0 Å². The van der Waals surface area contributed by atoms with E-state index in [0.717, 1.165) is 11.5 Å². The number of hydrogen-bond donors (Lipinski definition) is 1. The number of rotatable bonds is 4. The Kier molecular flexibility index (Phi) is 4.94. The van der Waals surface area contributed by atoms with Crippen molar-refractivity contribution in [2.24, 2.45) is 11.8 Å². The molecule has 0 heterocycles. The van der Waals surface area contributed by atoms with E-state index in [1.807, 2.05) is 19.2 Å². The molecular formula is C15H21Cl2N. The van der Waals surface area contributed by atoms with E-state index in [4.69, 9.17) is 23.2 Å². The average Bonchev–Trinajstić information content (AvgIpc) is 2.84. The van der Waals surface area contributed by atoms with Gasteiger partial charge in [-0.3, -0.25) is 0 Å². The van der Waals surface area contributed by atoms with Crippen LogP contribution in [-0.2, 0) is 0 Å². The van der Waals surface area contributed by atoms with E-state index in [-0.39, 0.29) is 0 Å². The zero-order chi connectivity index (χ0) is 13.1. The predicted octanol–water partition coefficient (Wildman–Crippen LogP) is 5.08. The molecule has 1 saturated carbocycles. The summed E-state index contributed by atoms with van der Waals surface area (Å²) in [4.78, 5) is 0. The summed E-state index contributed by atoms with van der Waals surface area (Å²) in [6, 6.07) is 6.26. The van der Waals surface area contributed by atoms with Gasteiger partial charge in [-0.05, 0) is 43.4 Å². The van der Waals surface area contributed by atoms with Gasteiger partial charge >= 0.3 is 0 Å². The Hall–Kier alpha value is -0.240. The van der Waals surface area contributed by atoms with Gasteiger partial charge in [0.1, 0.15) is 0 Å². The molecule has 0 radical (unpaired) electrons. The topological polar surface area (TPSA) is 12.0 Å². The fourth-order valence-corrected chi connectivity index (χ4v) is 3.62. The van der Waals surface area contributed by atoms with Crippen LogP contribution in [0.4, 0.5) is 0 Å². The van der Waals surface area contributed by atoms with Gasteiger partial charge in [0.2, 0.25) is 0 Å². The van der Waals surface area contributed by atoms with Gasteiger partial charge in [-0.1, -0.05) is 55.1 Å². The van der Waals surface area contributed by atoms with Gasteiger partial charge < -0.3 is 5.32 Å². The third kappa shape index (κ3) is 2.84. The van der Waals surface area contributed by atoms with E-state index in [1.165, 1.54) is 25.7 Å². The first-order chi connectivity index (χ1) is 8.67. The lowest BCUT2D eigenvalue weighted by Crippen LogP contribution is -2.24. The van der Waals surface area contributed by atoms with Crippen molar-refractivity contribution in [2.75, 3.05) is 7.05 Å². The van der Waals surface area contributed by atoms with Gasteiger partial charge in [-0.25, -0.2) is 0 Å². The molecule has 1 fully saturated rings. The summed E-state index contributed by atoms with van der Waals surface area (Å²) in [7, 11) is 2.02. The molecule has 1 aliphatic rings. The van der Waals surface area contributed by atoms with Crippen molar-refractivity contribution in [1.29, 1.82) is 0 Å². The van der Waals surface area contributed by atoms with Crippen LogP contribution in [0.15, 0.2) is 18.2 Å². The normalized spacial score (nSPS) is 25.3. The zero-order valence-corrected chi connectivity index (χ0v) is 12.6. The van der Waals surface area contributed by atoms with Gasteiger partial charge in [-0.15, -0.1) is 0 Å². The van der Waals surface area contributed by atoms with Crippen LogP contribution in [-0.4, -0.2) is 7.05 Å². The summed E-state index contributed by atoms with van der Waals surface area (Å²) in [5.74, 6) is 1.56. The molecule has 1 nitrogen and oxygen atoms in total. The molecule has 18 heavy (non-hydrogen) atoms. The van der Waals surface area contributed by atoms with E-state index in [0.29, 0.717) is 22.0 Å². The lowest BCUT2D eigenvalue weighted by Gasteiger charge is -2.25. The first-order valence-corrected chi connectivity index (χ1v) is 7.54. The Labute approximate surface area is 120 Å². The van der Waals surface area contributed by atoms with Crippen LogP contribution >= 0.6 is 23.2 Å². The second-order valence-electron chi connectivity index (χ2n) is 5.26. The maximum atomic E-state index is 6.34. The fourth-order valence-electron chi connectivity index (χ4n) is 3.19. The lowest BCUT2D eigenvalue weighted by atomic mass is 9.90. The Morgan fingerprint density at radius 1 is 1.33 bits per heavy atom. The largest absolute Gasteiger partial charge is 0.313 e. The molecule has 100 valence electrons. The summed E-state index contributed by atoms with van der Waals surface area (Å²) in [6.45, 7) is 2.29. The molecule has 1 aliphatic carbocycles. The standard InChI is InChI=1S/C15H21Cl2N/c1-3-10-7-8-11(9-10)15(18-2)12-5-4-6-13(16)14(12)17/h4-6,10-11,15,18H,3,7-9H2,1-2H3. The van der Waals surface area contributed by atoms with E-state index in [2.05, 4.69) is 18.3 Å². The fraction of sp³-hybridized carbons (Fsp3) is 0.600. The molecule has 1 aromatic carbocycles. The van der Waals surface area contributed by atoms with Crippen LogP contribution in [0.5, 0.6) is 0 Å². The predicted molar refractivity (Wildman–Crippen MR) is 79.4 cm³/mol. The summed E-state index contributed by atoms with van der Waals surface area (Å²) >= 11 is 12.5. The number of benzene rings is 1. The van der Waals surface area contributed by atoms with Crippen molar-refractivity contribution in [2.45, 2.75) is 38.6 Å². The maximum Gasteiger partial charge on any atom is 0.0640 e. The minimum atomic E-state index is 0.327. The average molecular weight is 286 g/mol.